The molecule has 0 heterocycles. The molecule has 0 aromatic heterocycles. The van der Waals surface area contributed by atoms with Gasteiger partial charge in [-0.2, -0.15) is 0 Å². The second-order valence-corrected chi connectivity index (χ2v) is 8.77. The van der Waals surface area contributed by atoms with Crippen LogP contribution in [0.25, 0.3) is 0 Å². The molecule has 0 saturated carbocycles. The Balaban J connectivity index is 3.15. The Labute approximate surface area is 207 Å². The first-order valence-corrected chi connectivity index (χ1v) is 13.2. The zero-order valence-corrected chi connectivity index (χ0v) is 21.9. The zero-order chi connectivity index (χ0) is 24.2. The number of carbonyl (C=O) groups excluding carboxylic acids is 1. The predicted molar refractivity (Wildman–Crippen MR) is 132 cm³/mol. The van der Waals surface area contributed by atoms with Crippen LogP contribution in [0.5, 0.6) is 0 Å². The van der Waals surface area contributed by atoms with Crippen molar-refractivity contribution in [2.45, 2.75) is 65.2 Å². The normalized spacial score (nSPS) is 11.5. The molecule has 8 heteroatoms. The van der Waals surface area contributed by atoms with Gasteiger partial charge in [-0.25, -0.2) is 0 Å². The fourth-order valence-electron chi connectivity index (χ4n) is 2.86. The molecule has 0 spiro atoms. The lowest BCUT2D eigenvalue weighted by Crippen LogP contribution is -2.15. The number of unbranched alkanes of at least 4 members (excludes halogenated alkanes) is 3. The van der Waals surface area contributed by atoms with Gasteiger partial charge in [0.25, 0.3) is 0 Å². The number of ether oxygens (including phenoxy) is 6. The van der Waals surface area contributed by atoms with E-state index >= 15 is 0 Å². The Morgan fingerprint density at radius 3 is 1.58 bits per heavy atom. The van der Waals surface area contributed by atoms with Gasteiger partial charge in [0.2, 0.25) is 0 Å². The molecule has 0 unspecified atom stereocenters. The zero-order valence-electron chi connectivity index (χ0n) is 21.2. The summed E-state index contributed by atoms with van der Waals surface area (Å²) in [7, 11) is 0. The van der Waals surface area contributed by atoms with Gasteiger partial charge < -0.3 is 28.4 Å². The molecular formula is C25H49ClO7. The summed E-state index contributed by atoms with van der Waals surface area (Å²) < 4.78 is 32.7. The number of hydrogen-bond donors (Lipinski definition) is 0. The van der Waals surface area contributed by atoms with Gasteiger partial charge in [0.1, 0.15) is 6.61 Å². The van der Waals surface area contributed by atoms with Gasteiger partial charge in [-0.05, 0) is 38.0 Å². The Morgan fingerprint density at radius 1 is 0.576 bits per heavy atom. The Hall–Kier alpha value is -0.280. The summed E-state index contributed by atoms with van der Waals surface area (Å²) in [4.78, 5) is 11.8. The molecule has 7 nitrogen and oxygen atoms in total. The molecule has 0 saturated heterocycles. The maximum atomic E-state index is 11.8. The van der Waals surface area contributed by atoms with Crippen LogP contribution in [0.1, 0.15) is 65.2 Å². The van der Waals surface area contributed by atoms with Crippen molar-refractivity contribution >= 4 is 17.4 Å². The third-order valence-electron chi connectivity index (χ3n) is 4.74. The molecule has 0 bridgehead atoms. The van der Waals surface area contributed by atoms with Crippen LogP contribution in [-0.2, 0) is 33.2 Å². The number of ketones is 1. The Bertz CT molecular complexity index is 397. The lowest BCUT2D eigenvalue weighted by molar-refractivity contribution is -0.124. The van der Waals surface area contributed by atoms with E-state index in [0.29, 0.717) is 72.3 Å². The van der Waals surface area contributed by atoms with E-state index in [4.69, 9.17) is 40.0 Å². The first-order valence-electron chi connectivity index (χ1n) is 12.7. The Morgan fingerprint density at radius 2 is 1.03 bits per heavy atom. The molecule has 0 N–H and O–H groups in total. The standard InChI is InChI=1S/C25H49ClO7/c1-24(2)9-7-13-29-17-18-31-19-20-32-21-22-33-23-25(27)10-8-14-30-16-15-28-12-6-4-3-5-11-26/h24H,3-23H2,1-2H3. The fourth-order valence-corrected chi connectivity index (χ4v) is 3.05. The maximum absolute atomic E-state index is 11.8. The van der Waals surface area contributed by atoms with Gasteiger partial charge in [0.05, 0.1) is 52.9 Å². The summed E-state index contributed by atoms with van der Waals surface area (Å²) in [5, 5.41) is 0. The van der Waals surface area contributed by atoms with E-state index in [1.807, 2.05) is 0 Å². The first-order chi connectivity index (χ1) is 16.2. The average Bonchev–Trinajstić information content (AvgIpc) is 2.79. The topological polar surface area (TPSA) is 72.5 Å². The van der Waals surface area contributed by atoms with Crippen LogP contribution in [0.15, 0.2) is 0 Å². The van der Waals surface area contributed by atoms with Gasteiger partial charge >= 0.3 is 0 Å². The van der Waals surface area contributed by atoms with Crippen LogP contribution in [0.3, 0.4) is 0 Å². The molecule has 33 heavy (non-hydrogen) atoms. The molecular weight excluding hydrogens is 448 g/mol. The minimum absolute atomic E-state index is 0.0866. The quantitative estimate of drug-likeness (QED) is 0.115. The van der Waals surface area contributed by atoms with Crippen molar-refractivity contribution in [3.8, 4) is 0 Å². The molecule has 0 aromatic carbocycles. The summed E-state index contributed by atoms with van der Waals surface area (Å²) in [6, 6.07) is 0. The number of carbonyl (C=O) groups is 1. The highest BCUT2D eigenvalue weighted by Crippen LogP contribution is 2.03. The SMILES string of the molecule is CC(C)CCCOCCOCCOCCOCC(=O)CCCOCCOCCCCCCCl. The Kier molecular flexibility index (Phi) is 27.7. The van der Waals surface area contributed by atoms with E-state index in [-0.39, 0.29) is 12.4 Å². The van der Waals surface area contributed by atoms with Gasteiger partial charge in [0.15, 0.2) is 5.78 Å². The second-order valence-electron chi connectivity index (χ2n) is 8.40. The highest BCUT2D eigenvalue weighted by molar-refractivity contribution is 6.17. The summed E-state index contributed by atoms with van der Waals surface area (Å²) in [6.07, 6.45) is 7.94. The van der Waals surface area contributed by atoms with E-state index in [0.717, 1.165) is 57.1 Å². The van der Waals surface area contributed by atoms with E-state index in [1.165, 1.54) is 6.42 Å². The largest absolute Gasteiger partial charge is 0.379 e. The van der Waals surface area contributed by atoms with Gasteiger partial charge in [-0.1, -0.05) is 26.7 Å². The van der Waals surface area contributed by atoms with Gasteiger partial charge in [0, 0.05) is 32.1 Å². The van der Waals surface area contributed by atoms with Crippen molar-refractivity contribution in [3.05, 3.63) is 0 Å². The molecule has 0 radical (unpaired) electrons. The van der Waals surface area contributed by atoms with Gasteiger partial charge in [-0.15, -0.1) is 11.6 Å². The van der Waals surface area contributed by atoms with Crippen LogP contribution in [0.2, 0.25) is 0 Å². The molecule has 0 atom stereocenters. The molecule has 0 amide bonds. The smallest absolute Gasteiger partial charge is 0.158 e. The van der Waals surface area contributed by atoms with E-state index in [9.17, 15) is 4.79 Å². The molecule has 0 aliphatic heterocycles. The molecule has 0 aliphatic rings. The third-order valence-corrected chi connectivity index (χ3v) is 5.01. The minimum atomic E-state index is 0.0866. The van der Waals surface area contributed by atoms with Crippen LogP contribution in [0.4, 0.5) is 0 Å². The average molecular weight is 497 g/mol. The van der Waals surface area contributed by atoms with Crippen molar-refractivity contribution < 1.29 is 33.2 Å². The minimum Gasteiger partial charge on any atom is -0.379 e. The summed E-state index contributed by atoms with van der Waals surface area (Å²) >= 11 is 5.64. The van der Waals surface area contributed by atoms with Crippen LogP contribution >= 0.6 is 11.6 Å². The lowest BCUT2D eigenvalue weighted by Gasteiger charge is -2.08. The highest BCUT2D eigenvalue weighted by Gasteiger charge is 2.02. The molecule has 198 valence electrons. The highest BCUT2D eigenvalue weighted by atomic mass is 35.5. The monoisotopic (exact) mass is 496 g/mol. The number of hydrogen-bond acceptors (Lipinski definition) is 7. The first kappa shape index (κ1) is 32.7. The predicted octanol–water partition coefficient (Wildman–Crippen LogP) is 4.67. The fraction of sp³-hybridized carbons (Fsp3) is 0.960. The summed E-state index contributed by atoms with van der Waals surface area (Å²) in [6.45, 7) is 11.0. The second kappa shape index (κ2) is 28.0. The number of halogens is 1. The molecule has 0 fully saturated rings. The molecule has 0 aliphatic carbocycles. The summed E-state index contributed by atoms with van der Waals surface area (Å²) in [5.74, 6) is 1.55. The van der Waals surface area contributed by atoms with E-state index < -0.39 is 0 Å². The van der Waals surface area contributed by atoms with Gasteiger partial charge in [-0.3, -0.25) is 4.79 Å². The van der Waals surface area contributed by atoms with Crippen molar-refractivity contribution in [3.63, 3.8) is 0 Å². The van der Waals surface area contributed by atoms with Crippen molar-refractivity contribution in [1.29, 1.82) is 0 Å². The number of alkyl halides is 1. The van der Waals surface area contributed by atoms with Crippen molar-refractivity contribution in [1.82, 2.24) is 0 Å². The molecule has 0 aromatic rings. The van der Waals surface area contributed by atoms with Crippen LogP contribution in [-0.4, -0.2) is 90.9 Å². The molecule has 0 rings (SSSR count). The van der Waals surface area contributed by atoms with Crippen molar-refractivity contribution in [2.75, 3.05) is 85.2 Å². The maximum Gasteiger partial charge on any atom is 0.158 e. The van der Waals surface area contributed by atoms with Crippen LogP contribution < -0.4 is 0 Å². The van der Waals surface area contributed by atoms with Crippen LogP contribution in [0, 0.1) is 5.92 Å². The lowest BCUT2D eigenvalue weighted by atomic mass is 10.1. The number of Topliss-reactive ketones (excluding diaryl/α,β-unsaturated/α-hetero) is 1. The third kappa shape index (κ3) is 29.7. The van der Waals surface area contributed by atoms with Crippen molar-refractivity contribution in [2.24, 2.45) is 5.92 Å². The van der Waals surface area contributed by atoms with E-state index in [2.05, 4.69) is 13.8 Å². The number of rotatable bonds is 28. The van der Waals surface area contributed by atoms with E-state index in [1.54, 1.807) is 0 Å². The summed E-state index contributed by atoms with van der Waals surface area (Å²) in [5.41, 5.74) is 0.